The fourth-order valence-electron chi connectivity index (χ4n) is 10.9. The van der Waals surface area contributed by atoms with E-state index in [-0.39, 0.29) is 5.41 Å². The van der Waals surface area contributed by atoms with Gasteiger partial charge in [0.05, 0.1) is 6.04 Å². The molecular formula is C58H43N. The van der Waals surface area contributed by atoms with Crippen LogP contribution in [0.4, 0.5) is 11.4 Å². The van der Waals surface area contributed by atoms with Crippen molar-refractivity contribution >= 4 is 43.7 Å². The minimum absolute atomic E-state index is 0.134. The Labute approximate surface area is 346 Å². The quantitative estimate of drug-likeness (QED) is 0.162. The van der Waals surface area contributed by atoms with Crippen LogP contribution in [-0.4, -0.2) is 6.04 Å². The van der Waals surface area contributed by atoms with Gasteiger partial charge in [0, 0.05) is 22.7 Å². The molecule has 2 aliphatic carbocycles. The highest BCUT2D eigenvalue weighted by atomic mass is 15.2. The molecule has 9 aromatic carbocycles. The molecule has 12 rings (SSSR count). The summed E-state index contributed by atoms with van der Waals surface area (Å²) in [5.41, 5.74) is 16.9. The summed E-state index contributed by atoms with van der Waals surface area (Å²) in [5.74, 6) is 0.412. The molecule has 1 nitrogen and oxygen atoms in total. The number of hydrogen-bond acceptors (Lipinski definition) is 1. The van der Waals surface area contributed by atoms with Crippen molar-refractivity contribution in [1.29, 1.82) is 0 Å². The molecule has 280 valence electrons. The highest BCUT2D eigenvalue weighted by Crippen LogP contribution is 2.55. The Kier molecular flexibility index (Phi) is 7.53. The molecule has 9 aromatic rings. The smallest absolute Gasteiger partial charge is 0.0591 e. The van der Waals surface area contributed by atoms with Gasteiger partial charge in [0.2, 0.25) is 0 Å². The van der Waals surface area contributed by atoms with Gasteiger partial charge >= 0.3 is 0 Å². The van der Waals surface area contributed by atoms with E-state index in [2.05, 4.69) is 219 Å². The van der Waals surface area contributed by atoms with Gasteiger partial charge in [0.1, 0.15) is 0 Å². The summed E-state index contributed by atoms with van der Waals surface area (Å²) in [5, 5.41) is 7.73. The van der Waals surface area contributed by atoms with E-state index in [0.717, 1.165) is 6.42 Å². The van der Waals surface area contributed by atoms with Crippen LogP contribution >= 0.6 is 0 Å². The molecule has 0 spiro atoms. The van der Waals surface area contributed by atoms with Crippen LogP contribution in [0.2, 0.25) is 0 Å². The average Bonchev–Trinajstić information content (AvgIpc) is 3.53. The van der Waals surface area contributed by atoms with E-state index in [4.69, 9.17) is 0 Å². The topological polar surface area (TPSA) is 3.24 Å². The van der Waals surface area contributed by atoms with Gasteiger partial charge in [-0.15, -0.1) is 0 Å². The molecule has 1 heterocycles. The Morgan fingerprint density at radius 3 is 1.85 bits per heavy atom. The minimum Gasteiger partial charge on any atom is -0.334 e. The zero-order valence-corrected chi connectivity index (χ0v) is 33.4. The monoisotopic (exact) mass is 753 g/mol. The second kappa shape index (κ2) is 13.0. The van der Waals surface area contributed by atoms with Crippen molar-refractivity contribution in [2.24, 2.45) is 5.92 Å². The maximum absolute atomic E-state index is 2.55. The van der Waals surface area contributed by atoms with Crippen molar-refractivity contribution < 1.29 is 0 Å². The number of anilines is 2. The van der Waals surface area contributed by atoms with Gasteiger partial charge < -0.3 is 4.90 Å². The largest absolute Gasteiger partial charge is 0.334 e. The zero-order chi connectivity index (χ0) is 39.2. The van der Waals surface area contributed by atoms with E-state index in [1.165, 1.54) is 105 Å². The SMILES string of the molecule is CC1(C)c2ccccc2-c2c1cc(-c1c3ccccc3c(-c3ccccc3)c3ccc(-c4ccc5c(c4)CC4C=CC=CC4N5c4ccccc4)cc13)c1ccccc21. The second-order valence-corrected chi connectivity index (χ2v) is 17.2. The first-order chi connectivity index (χ1) is 29.0. The summed E-state index contributed by atoms with van der Waals surface area (Å²) in [7, 11) is 0. The molecule has 0 amide bonds. The van der Waals surface area contributed by atoms with Crippen molar-refractivity contribution in [3.63, 3.8) is 0 Å². The zero-order valence-electron chi connectivity index (χ0n) is 33.4. The Morgan fingerprint density at radius 2 is 1.05 bits per heavy atom. The highest BCUT2D eigenvalue weighted by molar-refractivity contribution is 6.25. The predicted octanol–water partition coefficient (Wildman–Crippen LogP) is 15.3. The van der Waals surface area contributed by atoms with E-state index in [1.807, 2.05) is 0 Å². The molecule has 0 aromatic heterocycles. The molecule has 1 heteroatoms. The lowest BCUT2D eigenvalue weighted by Crippen LogP contribution is -2.41. The Bertz CT molecular complexity index is 3220. The molecule has 0 radical (unpaired) electrons. The maximum Gasteiger partial charge on any atom is 0.0591 e. The van der Waals surface area contributed by atoms with Gasteiger partial charge in [-0.2, -0.15) is 0 Å². The normalized spacial score (nSPS) is 17.2. The van der Waals surface area contributed by atoms with E-state index in [0.29, 0.717) is 12.0 Å². The first-order valence-corrected chi connectivity index (χ1v) is 21.1. The van der Waals surface area contributed by atoms with Gasteiger partial charge in [-0.05, 0) is 136 Å². The molecule has 1 aliphatic heterocycles. The molecule has 3 aliphatic rings. The molecular weight excluding hydrogens is 711 g/mol. The number of nitrogens with zero attached hydrogens (tertiary/aromatic N) is 1. The van der Waals surface area contributed by atoms with Gasteiger partial charge in [0.15, 0.2) is 0 Å². The van der Waals surface area contributed by atoms with Crippen molar-refractivity contribution in [2.75, 3.05) is 4.90 Å². The van der Waals surface area contributed by atoms with Crippen LogP contribution in [0.25, 0.3) is 76.8 Å². The third-order valence-electron chi connectivity index (χ3n) is 13.6. The summed E-state index contributed by atoms with van der Waals surface area (Å²) in [4.78, 5) is 2.54. The number of hydrogen-bond donors (Lipinski definition) is 0. The molecule has 0 N–H and O–H groups in total. The minimum atomic E-state index is -0.134. The average molecular weight is 754 g/mol. The summed E-state index contributed by atoms with van der Waals surface area (Å²) in [6.45, 7) is 4.80. The number of allylic oxidation sites excluding steroid dienone is 2. The molecule has 2 unspecified atom stereocenters. The van der Waals surface area contributed by atoms with E-state index in [1.54, 1.807) is 0 Å². The van der Waals surface area contributed by atoms with Gasteiger partial charge in [-0.3, -0.25) is 0 Å². The van der Waals surface area contributed by atoms with Gasteiger partial charge in [-0.1, -0.05) is 178 Å². The highest BCUT2D eigenvalue weighted by Gasteiger charge is 2.38. The van der Waals surface area contributed by atoms with Crippen LogP contribution < -0.4 is 4.90 Å². The summed E-state index contributed by atoms with van der Waals surface area (Å²) >= 11 is 0. The molecule has 0 bridgehead atoms. The third kappa shape index (κ3) is 5.11. The Hall–Kier alpha value is -6.96. The van der Waals surface area contributed by atoms with Crippen LogP contribution in [0.1, 0.15) is 30.5 Å². The molecule has 2 atom stereocenters. The fraction of sp³-hybridized carbons (Fsp3) is 0.103. The molecule has 0 fully saturated rings. The van der Waals surface area contributed by atoms with Crippen molar-refractivity contribution in [3.8, 4) is 44.5 Å². The first-order valence-electron chi connectivity index (χ1n) is 21.1. The number of fused-ring (bicyclic) bond motifs is 9. The maximum atomic E-state index is 2.55. The van der Waals surface area contributed by atoms with E-state index < -0.39 is 0 Å². The van der Waals surface area contributed by atoms with E-state index >= 15 is 0 Å². The summed E-state index contributed by atoms with van der Waals surface area (Å²) < 4.78 is 0. The Balaban J connectivity index is 1.14. The van der Waals surface area contributed by atoms with Crippen LogP contribution in [-0.2, 0) is 11.8 Å². The lowest BCUT2D eigenvalue weighted by atomic mass is 9.78. The van der Waals surface area contributed by atoms with Crippen LogP contribution in [0.15, 0.2) is 200 Å². The lowest BCUT2D eigenvalue weighted by Gasteiger charge is -2.42. The number of benzene rings is 9. The molecule has 0 saturated carbocycles. The summed E-state index contributed by atoms with van der Waals surface area (Å²) in [6.07, 6.45) is 10.2. The van der Waals surface area contributed by atoms with Crippen LogP contribution in [0.3, 0.4) is 0 Å². The fourth-order valence-corrected chi connectivity index (χ4v) is 10.9. The number of para-hydroxylation sites is 1. The number of rotatable bonds is 4. The second-order valence-electron chi connectivity index (χ2n) is 17.2. The van der Waals surface area contributed by atoms with Crippen molar-refractivity contribution in [2.45, 2.75) is 31.7 Å². The van der Waals surface area contributed by atoms with Gasteiger partial charge in [0.25, 0.3) is 0 Å². The lowest BCUT2D eigenvalue weighted by molar-refractivity contribution is 0.533. The van der Waals surface area contributed by atoms with E-state index in [9.17, 15) is 0 Å². The van der Waals surface area contributed by atoms with Crippen LogP contribution in [0.5, 0.6) is 0 Å². The molecule has 0 saturated heterocycles. The molecule has 59 heavy (non-hydrogen) atoms. The standard InChI is InChI=1S/C58H43N/c1-58(2)51-27-15-14-26-48(51)57-44-23-11-10-22-43(44)50(36-52(57)58)56-46-25-13-12-24-45(46)55(37-17-5-3-6-18-37)47-31-29-39(35-49(47)56)38-30-32-54-41(33-38)34-40-19-9-16-28-53(40)59(54)42-20-7-4-8-21-42/h3-33,35-36,40,53H,34H2,1-2H3. The van der Waals surface area contributed by atoms with Crippen molar-refractivity contribution in [1.82, 2.24) is 0 Å². The predicted molar refractivity (Wildman–Crippen MR) is 251 cm³/mol. The third-order valence-corrected chi connectivity index (χ3v) is 13.6. The first kappa shape index (κ1) is 34.1. The van der Waals surface area contributed by atoms with Crippen molar-refractivity contribution in [3.05, 3.63) is 217 Å². The van der Waals surface area contributed by atoms with Crippen LogP contribution in [0, 0.1) is 5.92 Å². The van der Waals surface area contributed by atoms with Gasteiger partial charge in [-0.25, -0.2) is 0 Å². The Morgan fingerprint density at radius 1 is 0.441 bits per heavy atom. The summed E-state index contributed by atoms with van der Waals surface area (Å²) in [6, 6.07) is 66.4.